The number of methoxy groups -OCH3 is 4. The Balaban J connectivity index is 0.000000221. The van der Waals surface area contributed by atoms with Crippen molar-refractivity contribution in [1.29, 1.82) is 0 Å². The Kier molecular flexibility index (Phi) is 14.9. The van der Waals surface area contributed by atoms with Crippen molar-refractivity contribution in [2.75, 3.05) is 59.9 Å². The lowest BCUT2D eigenvalue weighted by Gasteiger charge is -2.34. The molecule has 20 heteroatoms. The normalized spacial score (nSPS) is 12.6. The SMILES string of the molecule is COc1cc(OC)c(Cl)c(-c2ccc(C(=O)Nc3ccc(CN4CCN(C(C)=O)CC4)cn3)c3nccnc23)c1Cl.COc1cc(OC)c(Cl)c(-c2ccc(C(=O)O)c3nccnc23)c1Cl. The second-order valence-electron chi connectivity index (χ2n) is 14.5. The third-order valence-electron chi connectivity index (χ3n) is 10.7. The minimum Gasteiger partial charge on any atom is -0.495 e. The van der Waals surface area contributed by atoms with E-state index in [-0.39, 0.29) is 43.0 Å². The summed E-state index contributed by atoms with van der Waals surface area (Å²) in [6.07, 6.45) is 7.69. The number of carbonyl (C=O) groups excluding carboxylic acids is 2. The minimum absolute atomic E-state index is 0.0361. The number of hydrogen-bond acceptors (Lipinski definition) is 13. The van der Waals surface area contributed by atoms with Gasteiger partial charge in [-0.05, 0) is 23.8 Å². The number of aromatic carboxylic acids is 1. The third kappa shape index (κ3) is 9.69. The molecule has 3 aromatic heterocycles. The van der Waals surface area contributed by atoms with E-state index in [2.05, 4.69) is 35.1 Å². The van der Waals surface area contributed by atoms with Crippen LogP contribution in [0.5, 0.6) is 23.0 Å². The van der Waals surface area contributed by atoms with E-state index >= 15 is 0 Å². The van der Waals surface area contributed by atoms with E-state index in [0.717, 1.165) is 38.3 Å². The summed E-state index contributed by atoms with van der Waals surface area (Å²) in [6.45, 7) is 5.36. The Morgan fingerprint density at radius 1 is 0.606 bits per heavy atom. The fourth-order valence-electron chi connectivity index (χ4n) is 7.37. The molecule has 0 unspecified atom stereocenters. The number of carboxylic acid groups (broad SMARTS) is 1. The van der Waals surface area contributed by atoms with Gasteiger partial charge in [0.1, 0.15) is 39.8 Å². The van der Waals surface area contributed by atoms with Gasteiger partial charge in [0.15, 0.2) is 0 Å². The van der Waals surface area contributed by atoms with Gasteiger partial charge in [-0.2, -0.15) is 0 Å². The molecule has 0 spiro atoms. The first-order valence-electron chi connectivity index (χ1n) is 20.0. The number of fused-ring (bicyclic) bond motifs is 2. The number of anilines is 1. The smallest absolute Gasteiger partial charge is 0.337 e. The van der Waals surface area contributed by atoms with E-state index in [1.807, 2.05) is 11.0 Å². The van der Waals surface area contributed by atoms with E-state index in [4.69, 9.17) is 65.4 Å². The molecule has 1 aliphatic heterocycles. The highest BCUT2D eigenvalue weighted by Crippen LogP contribution is 2.49. The summed E-state index contributed by atoms with van der Waals surface area (Å²) in [5.74, 6) is 0.539. The number of nitrogens with zero attached hydrogens (tertiary/aromatic N) is 7. The quantitative estimate of drug-likeness (QED) is 0.125. The molecule has 1 saturated heterocycles. The molecule has 4 heterocycles. The number of amides is 2. The fraction of sp³-hybridized carbons (Fsp3) is 0.217. The van der Waals surface area contributed by atoms with Crippen LogP contribution in [0.4, 0.5) is 5.82 Å². The van der Waals surface area contributed by atoms with E-state index in [9.17, 15) is 19.5 Å². The van der Waals surface area contributed by atoms with Crippen LogP contribution in [0.25, 0.3) is 44.3 Å². The van der Waals surface area contributed by atoms with Gasteiger partial charge in [0.05, 0.1) is 70.7 Å². The molecule has 16 nitrogen and oxygen atoms in total. The van der Waals surface area contributed by atoms with Gasteiger partial charge in [0.2, 0.25) is 5.91 Å². The summed E-state index contributed by atoms with van der Waals surface area (Å²) in [5.41, 5.74) is 4.77. The minimum atomic E-state index is -1.10. The van der Waals surface area contributed by atoms with Gasteiger partial charge < -0.3 is 34.3 Å². The molecular weight excluding hydrogens is 934 g/mol. The molecule has 2 amide bonds. The molecule has 0 aliphatic carbocycles. The number of ether oxygens (including phenoxy) is 4. The summed E-state index contributed by atoms with van der Waals surface area (Å²) in [4.78, 5) is 62.3. The van der Waals surface area contributed by atoms with Crippen molar-refractivity contribution in [3.05, 3.63) is 116 Å². The topological polar surface area (TPSA) is 191 Å². The second kappa shape index (κ2) is 20.7. The largest absolute Gasteiger partial charge is 0.495 e. The van der Waals surface area contributed by atoms with Crippen LogP contribution < -0.4 is 24.3 Å². The molecule has 1 fully saturated rings. The van der Waals surface area contributed by atoms with Gasteiger partial charge in [0, 0.05) is 105 Å². The fourth-order valence-corrected chi connectivity index (χ4v) is 8.78. The van der Waals surface area contributed by atoms with Crippen LogP contribution in [-0.4, -0.2) is 112 Å². The number of hydrogen-bond donors (Lipinski definition) is 2. The lowest BCUT2D eigenvalue weighted by molar-refractivity contribution is -0.130. The highest BCUT2D eigenvalue weighted by atomic mass is 35.5. The van der Waals surface area contributed by atoms with Gasteiger partial charge >= 0.3 is 5.97 Å². The van der Waals surface area contributed by atoms with Crippen LogP contribution in [0.1, 0.15) is 33.2 Å². The first-order chi connectivity index (χ1) is 31.8. The zero-order valence-electron chi connectivity index (χ0n) is 36.0. The molecule has 0 radical (unpaired) electrons. The molecule has 0 bridgehead atoms. The standard InChI is InChI=1S/C29H28Cl2N6O4.C17H12Cl2N2O4/c1-17(38)37-12-10-36(11-13-37)16-18-4-7-23(34-15-18)35-29(39)20-6-5-19(27-28(20)33-9-8-32-27)24-25(30)21(40-2)14-22(41-3)26(24)31;1-24-10-7-11(25-2)14(19)12(13(10)18)8-3-4-9(17(22)23)16-15(8)20-5-6-21-16/h4-9,14-15H,10-13,16H2,1-3H3,(H,34,35,39);3-7H,1-2H3,(H,22,23). The van der Waals surface area contributed by atoms with Crippen molar-refractivity contribution < 1.29 is 38.4 Å². The summed E-state index contributed by atoms with van der Waals surface area (Å²) < 4.78 is 21.4. The van der Waals surface area contributed by atoms with E-state index in [0.29, 0.717) is 73.2 Å². The zero-order valence-corrected chi connectivity index (χ0v) is 39.0. The summed E-state index contributed by atoms with van der Waals surface area (Å²) in [6, 6.07) is 13.3. The number of carbonyl (C=O) groups is 3. The number of pyridine rings is 1. The van der Waals surface area contributed by atoms with Crippen molar-refractivity contribution in [3.8, 4) is 45.3 Å². The molecule has 7 aromatic rings. The number of nitrogens with one attached hydrogen (secondary N) is 1. The Bertz CT molecular complexity index is 2930. The van der Waals surface area contributed by atoms with Crippen molar-refractivity contribution >= 4 is 92.1 Å². The maximum Gasteiger partial charge on any atom is 0.337 e. The van der Waals surface area contributed by atoms with Gasteiger partial charge in [-0.15, -0.1) is 0 Å². The summed E-state index contributed by atoms with van der Waals surface area (Å²) >= 11 is 26.2. The highest BCUT2D eigenvalue weighted by Gasteiger charge is 2.25. The Labute approximate surface area is 398 Å². The van der Waals surface area contributed by atoms with Crippen molar-refractivity contribution in [2.45, 2.75) is 13.5 Å². The number of aromatic nitrogens is 5. The van der Waals surface area contributed by atoms with Gasteiger partial charge in [0.25, 0.3) is 5.91 Å². The number of carboxylic acids is 1. The summed E-state index contributed by atoms with van der Waals surface area (Å²) in [5, 5.41) is 13.3. The van der Waals surface area contributed by atoms with E-state index in [1.54, 1.807) is 49.5 Å². The van der Waals surface area contributed by atoms with E-state index < -0.39 is 5.97 Å². The lowest BCUT2D eigenvalue weighted by Crippen LogP contribution is -2.47. The van der Waals surface area contributed by atoms with Crippen molar-refractivity contribution in [2.24, 2.45) is 0 Å². The van der Waals surface area contributed by atoms with Gasteiger partial charge in [-0.25, -0.2) is 9.78 Å². The lowest BCUT2D eigenvalue weighted by atomic mass is 9.99. The number of rotatable bonds is 11. The van der Waals surface area contributed by atoms with Gasteiger partial charge in [-0.3, -0.25) is 34.4 Å². The van der Waals surface area contributed by atoms with Gasteiger partial charge in [-0.1, -0.05) is 64.6 Å². The van der Waals surface area contributed by atoms with Crippen LogP contribution in [0.15, 0.2) is 79.5 Å². The maximum absolute atomic E-state index is 13.3. The monoisotopic (exact) mass is 972 g/mol. The van der Waals surface area contributed by atoms with Crippen LogP contribution >= 0.6 is 46.4 Å². The third-order valence-corrected chi connectivity index (χ3v) is 12.2. The van der Waals surface area contributed by atoms with Crippen LogP contribution in [0, 0.1) is 0 Å². The van der Waals surface area contributed by atoms with Crippen molar-refractivity contribution in [3.63, 3.8) is 0 Å². The van der Waals surface area contributed by atoms with Crippen LogP contribution in [-0.2, 0) is 11.3 Å². The predicted octanol–water partition coefficient (Wildman–Crippen LogP) is 9.25. The molecule has 8 rings (SSSR count). The average molecular weight is 975 g/mol. The Morgan fingerprint density at radius 3 is 1.45 bits per heavy atom. The number of benzene rings is 4. The second-order valence-corrected chi connectivity index (χ2v) is 16.0. The van der Waals surface area contributed by atoms with Crippen LogP contribution in [0.2, 0.25) is 20.1 Å². The highest BCUT2D eigenvalue weighted by molar-refractivity contribution is 6.42. The molecule has 340 valence electrons. The molecule has 4 aromatic carbocycles. The molecule has 0 saturated carbocycles. The maximum atomic E-state index is 13.3. The first-order valence-corrected chi connectivity index (χ1v) is 21.5. The molecule has 2 N–H and O–H groups in total. The van der Waals surface area contributed by atoms with Crippen LogP contribution in [0.3, 0.4) is 0 Å². The Hall–Kier alpha value is -6.56. The number of halogens is 4. The Morgan fingerprint density at radius 2 is 1.05 bits per heavy atom. The number of piperazine rings is 1. The molecule has 1 aliphatic rings. The molecule has 66 heavy (non-hydrogen) atoms. The van der Waals surface area contributed by atoms with Crippen molar-refractivity contribution in [1.82, 2.24) is 34.7 Å². The predicted molar refractivity (Wildman–Crippen MR) is 253 cm³/mol. The zero-order chi connectivity index (χ0) is 47.2. The molecular formula is C46H40Cl4N8O8. The van der Waals surface area contributed by atoms with E-state index in [1.165, 1.54) is 59.3 Å². The molecule has 0 atom stereocenters. The summed E-state index contributed by atoms with van der Waals surface area (Å²) in [7, 11) is 5.95. The first kappa shape index (κ1) is 47.4. The average Bonchev–Trinajstić information content (AvgIpc) is 3.32.